The maximum absolute atomic E-state index is 13.9. The number of anilines is 2. The van der Waals surface area contributed by atoms with Crippen LogP contribution in [-0.2, 0) is 0 Å². The van der Waals surface area contributed by atoms with Gasteiger partial charge < -0.3 is 9.80 Å². The molecule has 2 aromatic carbocycles. The molecule has 0 aliphatic carbocycles. The van der Waals surface area contributed by atoms with Crippen LogP contribution in [0, 0.1) is 5.82 Å². The minimum absolute atomic E-state index is 0.0868. The van der Waals surface area contributed by atoms with Crippen LogP contribution in [0.2, 0.25) is 0 Å². The van der Waals surface area contributed by atoms with Gasteiger partial charge in [-0.1, -0.05) is 28.1 Å². The van der Waals surface area contributed by atoms with Crippen LogP contribution < -0.4 is 9.80 Å². The fraction of sp³-hybridized carbons (Fsp3) is 0.188. The van der Waals surface area contributed by atoms with Gasteiger partial charge in [0.05, 0.1) is 16.9 Å². The first kappa shape index (κ1) is 14.1. The number of likely N-dealkylation sites (N-methyl/N-ethyl adjacent to an activating group) is 1. The number of carbonyl (C=O) groups is 1. The highest BCUT2D eigenvalue weighted by Gasteiger charge is 2.27. The molecule has 3 nitrogen and oxygen atoms in total. The number of para-hydroxylation sites is 2. The summed E-state index contributed by atoms with van der Waals surface area (Å²) in [5.41, 5.74) is 1.88. The van der Waals surface area contributed by atoms with E-state index in [4.69, 9.17) is 0 Å². The number of fused-ring (bicyclic) bond motifs is 1. The Morgan fingerprint density at radius 3 is 2.62 bits per heavy atom. The lowest BCUT2D eigenvalue weighted by Crippen LogP contribution is -2.42. The summed E-state index contributed by atoms with van der Waals surface area (Å²) in [6, 6.07) is 12.1. The summed E-state index contributed by atoms with van der Waals surface area (Å²) in [6.07, 6.45) is 0. The molecule has 21 heavy (non-hydrogen) atoms. The Hall–Kier alpha value is -1.88. The average Bonchev–Trinajstić information content (AvgIpc) is 2.50. The molecule has 5 heteroatoms. The number of hydrogen-bond donors (Lipinski definition) is 0. The largest absolute Gasteiger partial charge is 0.371 e. The first-order valence-corrected chi connectivity index (χ1v) is 7.44. The summed E-state index contributed by atoms with van der Waals surface area (Å²) in [6.45, 7) is 1.26. The first-order chi connectivity index (χ1) is 10.1. The van der Waals surface area contributed by atoms with E-state index in [-0.39, 0.29) is 11.5 Å². The molecule has 0 saturated carbocycles. The predicted molar refractivity (Wildman–Crippen MR) is 85.5 cm³/mol. The number of amides is 1. The molecule has 1 heterocycles. The molecular formula is C16H14BrFN2O. The Morgan fingerprint density at radius 2 is 1.86 bits per heavy atom. The number of nitrogens with zero attached hydrogens (tertiary/aromatic N) is 2. The molecule has 0 N–H and O–H groups in total. The van der Waals surface area contributed by atoms with E-state index < -0.39 is 5.82 Å². The molecule has 1 amide bonds. The fourth-order valence-electron chi connectivity index (χ4n) is 2.52. The van der Waals surface area contributed by atoms with Crippen molar-refractivity contribution in [1.82, 2.24) is 0 Å². The van der Waals surface area contributed by atoms with Gasteiger partial charge in [-0.25, -0.2) is 4.39 Å². The summed E-state index contributed by atoms with van der Waals surface area (Å²) in [5, 5.41) is 0. The van der Waals surface area contributed by atoms with E-state index in [1.165, 1.54) is 12.1 Å². The van der Waals surface area contributed by atoms with Gasteiger partial charge in [0, 0.05) is 24.6 Å². The second-order valence-corrected chi connectivity index (χ2v) is 5.91. The number of hydrogen-bond acceptors (Lipinski definition) is 2. The molecule has 0 bridgehead atoms. The third kappa shape index (κ3) is 2.53. The molecule has 1 aliphatic heterocycles. The number of rotatable bonds is 1. The molecule has 0 spiro atoms. The van der Waals surface area contributed by atoms with Crippen LogP contribution in [0.4, 0.5) is 15.8 Å². The van der Waals surface area contributed by atoms with Crippen molar-refractivity contribution in [3.63, 3.8) is 0 Å². The van der Waals surface area contributed by atoms with Gasteiger partial charge in [0.1, 0.15) is 5.82 Å². The van der Waals surface area contributed by atoms with Gasteiger partial charge in [0.25, 0.3) is 5.91 Å². The number of benzene rings is 2. The van der Waals surface area contributed by atoms with Gasteiger partial charge >= 0.3 is 0 Å². The molecule has 0 unspecified atom stereocenters. The standard InChI is InChI=1S/C16H14BrFN2O/c1-19-8-9-20(15-5-3-2-4-14(15)19)16(21)12-10-11(17)6-7-13(12)18/h2-7,10H,8-9H2,1H3. The topological polar surface area (TPSA) is 23.6 Å². The number of halogens is 2. The zero-order valence-corrected chi connectivity index (χ0v) is 13.1. The smallest absolute Gasteiger partial charge is 0.261 e. The Bertz CT molecular complexity index is 704. The van der Waals surface area contributed by atoms with E-state index in [9.17, 15) is 9.18 Å². The zero-order valence-electron chi connectivity index (χ0n) is 11.5. The van der Waals surface area contributed by atoms with Crippen molar-refractivity contribution in [2.75, 3.05) is 29.9 Å². The predicted octanol–water partition coefficient (Wildman–Crippen LogP) is 3.68. The Kier molecular flexibility index (Phi) is 3.68. The van der Waals surface area contributed by atoms with Gasteiger partial charge in [-0.15, -0.1) is 0 Å². The quantitative estimate of drug-likeness (QED) is 0.784. The monoisotopic (exact) mass is 348 g/mol. The van der Waals surface area contributed by atoms with Gasteiger partial charge in [-0.05, 0) is 30.3 Å². The minimum atomic E-state index is -0.500. The van der Waals surface area contributed by atoms with E-state index in [0.29, 0.717) is 11.0 Å². The van der Waals surface area contributed by atoms with Crippen molar-refractivity contribution in [3.05, 3.63) is 58.3 Å². The van der Waals surface area contributed by atoms with Crippen LogP contribution in [0.3, 0.4) is 0 Å². The SMILES string of the molecule is CN1CCN(C(=O)c2cc(Br)ccc2F)c2ccccc21. The Morgan fingerprint density at radius 1 is 1.14 bits per heavy atom. The second kappa shape index (κ2) is 5.48. The van der Waals surface area contributed by atoms with Crippen molar-refractivity contribution < 1.29 is 9.18 Å². The maximum atomic E-state index is 13.9. The molecule has 1 aliphatic rings. The molecular weight excluding hydrogens is 335 g/mol. The highest BCUT2D eigenvalue weighted by atomic mass is 79.9. The highest BCUT2D eigenvalue weighted by Crippen LogP contribution is 2.33. The molecule has 2 aromatic rings. The van der Waals surface area contributed by atoms with E-state index in [0.717, 1.165) is 17.9 Å². The van der Waals surface area contributed by atoms with Crippen molar-refractivity contribution in [2.45, 2.75) is 0 Å². The molecule has 0 aromatic heterocycles. The normalized spacial score (nSPS) is 14.0. The lowest BCUT2D eigenvalue weighted by Gasteiger charge is -2.35. The third-order valence-electron chi connectivity index (χ3n) is 3.65. The summed E-state index contributed by atoms with van der Waals surface area (Å²) in [5.74, 6) is -0.811. The van der Waals surface area contributed by atoms with E-state index in [1.807, 2.05) is 31.3 Å². The molecule has 0 atom stereocenters. The fourth-order valence-corrected chi connectivity index (χ4v) is 2.88. The molecule has 0 fully saturated rings. The van der Waals surface area contributed by atoms with Crippen LogP contribution in [0.25, 0.3) is 0 Å². The lowest BCUT2D eigenvalue weighted by molar-refractivity contribution is 0.0983. The first-order valence-electron chi connectivity index (χ1n) is 6.65. The highest BCUT2D eigenvalue weighted by molar-refractivity contribution is 9.10. The van der Waals surface area contributed by atoms with Gasteiger partial charge in [0.15, 0.2) is 0 Å². The van der Waals surface area contributed by atoms with Crippen molar-refractivity contribution in [2.24, 2.45) is 0 Å². The molecule has 3 rings (SSSR count). The van der Waals surface area contributed by atoms with Crippen LogP contribution in [0.5, 0.6) is 0 Å². The molecule has 108 valence electrons. The minimum Gasteiger partial charge on any atom is -0.371 e. The Balaban J connectivity index is 2.03. The van der Waals surface area contributed by atoms with Crippen LogP contribution in [-0.4, -0.2) is 26.0 Å². The van der Waals surface area contributed by atoms with Crippen LogP contribution >= 0.6 is 15.9 Å². The Labute approximate surface area is 131 Å². The van der Waals surface area contributed by atoms with E-state index >= 15 is 0 Å². The molecule has 0 radical (unpaired) electrons. The average molecular weight is 349 g/mol. The number of carbonyl (C=O) groups excluding carboxylic acids is 1. The maximum Gasteiger partial charge on any atom is 0.261 e. The summed E-state index contributed by atoms with van der Waals surface area (Å²) >= 11 is 3.28. The van der Waals surface area contributed by atoms with E-state index in [1.54, 1.807) is 11.0 Å². The van der Waals surface area contributed by atoms with Crippen LogP contribution in [0.1, 0.15) is 10.4 Å². The van der Waals surface area contributed by atoms with Gasteiger partial charge in [-0.2, -0.15) is 0 Å². The van der Waals surface area contributed by atoms with Gasteiger partial charge in [0.2, 0.25) is 0 Å². The van der Waals surface area contributed by atoms with E-state index in [2.05, 4.69) is 20.8 Å². The van der Waals surface area contributed by atoms with Crippen LogP contribution in [0.15, 0.2) is 46.9 Å². The lowest BCUT2D eigenvalue weighted by atomic mass is 10.1. The zero-order chi connectivity index (χ0) is 15.0. The second-order valence-electron chi connectivity index (χ2n) is 4.99. The third-order valence-corrected chi connectivity index (χ3v) is 4.14. The van der Waals surface area contributed by atoms with Gasteiger partial charge in [-0.3, -0.25) is 4.79 Å². The van der Waals surface area contributed by atoms with Crippen molar-refractivity contribution in [1.29, 1.82) is 0 Å². The molecule has 0 saturated heterocycles. The summed E-state index contributed by atoms with van der Waals surface area (Å²) in [7, 11) is 1.99. The summed E-state index contributed by atoms with van der Waals surface area (Å²) in [4.78, 5) is 16.4. The van der Waals surface area contributed by atoms with Crippen molar-refractivity contribution in [3.8, 4) is 0 Å². The van der Waals surface area contributed by atoms with Crippen molar-refractivity contribution >= 4 is 33.2 Å². The summed E-state index contributed by atoms with van der Waals surface area (Å²) < 4.78 is 14.6.